The minimum Gasteiger partial charge on any atom is -0.462 e. The number of hydrogen-bond donors (Lipinski definition) is 0. The zero-order valence-electron chi connectivity index (χ0n) is 11.4. The van der Waals surface area contributed by atoms with Crippen molar-refractivity contribution in [2.45, 2.75) is 37.5 Å². The summed E-state index contributed by atoms with van der Waals surface area (Å²) in [6.07, 6.45) is 3.89. The van der Waals surface area contributed by atoms with E-state index in [1.165, 1.54) is 6.07 Å². The van der Waals surface area contributed by atoms with E-state index in [9.17, 15) is 13.2 Å². The topological polar surface area (TPSA) is 60.4 Å². The van der Waals surface area contributed by atoms with Crippen LogP contribution in [0.2, 0.25) is 5.02 Å². The second kappa shape index (κ2) is 8.36. The van der Waals surface area contributed by atoms with Gasteiger partial charge in [-0.3, -0.25) is 0 Å². The molecule has 1 aromatic rings. The highest BCUT2D eigenvalue weighted by atomic mass is 79.9. The molecule has 0 N–H and O–H groups in total. The zero-order chi connectivity index (χ0) is 16.0. The minimum absolute atomic E-state index is 0.0189. The van der Waals surface area contributed by atoms with Crippen LogP contribution in [-0.2, 0) is 13.8 Å². The van der Waals surface area contributed by atoms with E-state index in [-0.39, 0.29) is 26.6 Å². The van der Waals surface area contributed by atoms with Crippen LogP contribution in [-0.4, -0.2) is 21.0 Å². The standard InChI is InChI=1S/C13H15BrCl2O4S/c1-2-3-4-5-6-20-13(17)9-7-12(21(16,18)19)10(14)8-11(9)15/h7-8H,2-6H2,1H3. The van der Waals surface area contributed by atoms with Crippen molar-refractivity contribution in [3.05, 3.63) is 27.2 Å². The summed E-state index contributed by atoms with van der Waals surface area (Å²) in [6.45, 7) is 2.36. The quantitative estimate of drug-likeness (QED) is 0.364. The molecule has 1 aromatic carbocycles. The van der Waals surface area contributed by atoms with E-state index >= 15 is 0 Å². The number of esters is 1. The molecule has 118 valence electrons. The third-order valence-corrected chi connectivity index (χ3v) is 5.33. The lowest BCUT2D eigenvalue weighted by molar-refractivity contribution is 0.0497. The molecule has 0 aliphatic carbocycles. The first-order chi connectivity index (χ1) is 9.77. The summed E-state index contributed by atoms with van der Waals surface area (Å²) in [7, 11) is 1.32. The Balaban J connectivity index is 2.85. The summed E-state index contributed by atoms with van der Waals surface area (Å²) in [5.41, 5.74) is -0.0189. The smallest absolute Gasteiger partial charge is 0.339 e. The van der Waals surface area contributed by atoms with Crippen LogP contribution in [0.3, 0.4) is 0 Å². The second-order valence-corrected chi connectivity index (χ2v) is 8.19. The van der Waals surface area contributed by atoms with E-state index in [4.69, 9.17) is 27.0 Å². The summed E-state index contributed by atoms with van der Waals surface area (Å²) in [5.74, 6) is -0.662. The molecule has 0 spiro atoms. The van der Waals surface area contributed by atoms with Crippen molar-refractivity contribution in [1.82, 2.24) is 0 Å². The Morgan fingerprint density at radius 2 is 1.95 bits per heavy atom. The van der Waals surface area contributed by atoms with Gasteiger partial charge in [0.05, 0.1) is 22.1 Å². The number of benzene rings is 1. The van der Waals surface area contributed by atoms with Crippen LogP contribution in [0.5, 0.6) is 0 Å². The highest BCUT2D eigenvalue weighted by molar-refractivity contribution is 9.10. The average Bonchev–Trinajstić information content (AvgIpc) is 2.36. The molecule has 1 rings (SSSR count). The molecule has 0 aliphatic heterocycles. The highest BCUT2D eigenvalue weighted by Crippen LogP contribution is 2.31. The number of halogens is 3. The molecular weight excluding hydrogens is 403 g/mol. The van der Waals surface area contributed by atoms with E-state index in [0.717, 1.165) is 31.7 Å². The van der Waals surface area contributed by atoms with Crippen LogP contribution in [0.15, 0.2) is 21.5 Å². The monoisotopic (exact) mass is 416 g/mol. The molecule has 4 nitrogen and oxygen atoms in total. The molecule has 0 amide bonds. The van der Waals surface area contributed by atoms with Gasteiger partial charge in [0.15, 0.2) is 0 Å². The molecule has 0 aliphatic rings. The Bertz CT molecular complexity index is 617. The highest BCUT2D eigenvalue weighted by Gasteiger charge is 2.21. The zero-order valence-corrected chi connectivity index (χ0v) is 15.3. The van der Waals surface area contributed by atoms with Gasteiger partial charge in [-0.2, -0.15) is 0 Å². The summed E-state index contributed by atoms with van der Waals surface area (Å²) >= 11 is 8.99. The summed E-state index contributed by atoms with van der Waals surface area (Å²) in [4.78, 5) is 11.7. The molecule has 0 unspecified atom stereocenters. The Morgan fingerprint density at radius 1 is 1.29 bits per heavy atom. The summed E-state index contributed by atoms with van der Waals surface area (Å²) < 4.78 is 28.1. The second-order valence-electron chi connectivity index (χ2n) is 4.40. The Labute approximate surface area is 142 Å². The largest absolute Gasteiger partial charge is 0.462 e. The van der Waals surface area contributed by atoms with Gasteiger partial charge in [0, 0.05) is 15.2 Å². The van der Waals surface area contributed by atoms with E-state index in [0.29, 0.717) is 0 Å². The number of unbranched alkanes of at least 4 members (excludes halogenated alkanes) is 3. The number of ether oxygens (including phenoxy) is 1. The fourth-order valence-electron chi connectivity index (χ4n) is 1.64. The molecule has 0 radical (unpaired) electrons. The predicted octanol–water partition coefficient (Wildman–Crippen LogP) is 4.77. The fourth-order valence-corrected chi connectivity index (χ4v) is 4.21. The van der Waals surface area contributed by atoms with Gasteiger partial charge >= 0.3 is 5.97 Å². The molecule has 0 fully saturated rings. The number of carbonyl (C=O) groups is 1. The van der Waals surface area contributed by atoms with Gasteiger partial charge in [-0.15, -0.1) is 0 Å². The number of carbonyl (C=O) groups excluding carboxylic acids is 1. The molecule has 0 atom stereocenters. The first-order valence-corrected chi connectivity index (χ1v) is 9.86. The predicted molar refractivity (Wildman–Crippen MR) is 86.6 cm³/mol. The van der Waals surface area contributed by atoms with Crippen LogP contribution < -0.4 is 0 Å². The van der Waals surface area contributed by atoms with Crippen molar-refractivity contribution >= 4 is 53.2 Å². The van der Waals surface area contributed by atoms with Crippen molar-refractivity contribution < 1.29 is 17.9 Å². The van der Waals surface area contributed by atoms with E-state index in [1.807, 2.05) is 0 Å². The van der Waals surface area contributed by atoms with Crippen molar-refractivity contribution in [2.24, 2.45) is 0 Å². The Hall–Kier alpha value is -0.300. The molecular formula is C13H15BrCl2O4S. The van der Waals surface area contributed by atoms with Gasteiger partial charge in [0.25, 0.3) is 9.05 Å². The number of hydrogen-bond acceptors (Lipinski definition) is 4. The van der Waals surface area contributed by atoms with Crippen LogP contribution >= 0.6 is 38.2 Å². The lowest BCUT2D eigenvalue weighted by atomic mass is 10.2. The summed E-state index contributed by atoms with van der Waals surface area (Å²) in [5, 5.41) is 0.101. The van der Waals surface area contributed by atoms with Crippen LogP contribution in [0.4, 0.5) is 0 Å². The maximum Gasteiger partial charge on any atom is 0.339 e. The van der Waals surface area contributed by atoms with Crippen LogP contribution in [0.1, 0.15) is 43.0 Å². The van der Waals surface area contributed by atoms with E-state index < -0.39 is 15.0 Å². The molecule has 8 heteroatoms. The maximum absolute atomic E-state index is 11.9. The maximum atomic E-state index is 11.9. The van der Waals surface area contributed by atoms with Crippen LogP contribution in [0.25, 0.3) is 0 Å². The Morgan fingerprint density at radius 3 is 2.52 bits per heavy atom. The van der Waals surface area contributed by atoms with Gasteiger partial charge in [0.2, 0.25) is 0 Å². The number of rotatable bonds is 7. The minimum atomic E-state index is -3.98. The normalized spacial score (nSPS) is 11.4. The van der Waals surface area contributed by atoms with Crippen LogP contribution in [0, 0.1) is 0 Å². The van der Waals surface area contributed by atoms with Gasteiger partial charge in [0.1, 0.15) is 0 Å². The first kappa shape index (κ1) is 18.7. The molecule has 0 aromatic heterocycles. The molecule has 0 bridgehead atoms. The molecule has 21 heavy (non-hydrogen) atoms. The van der Waals surface area contributed by atoms with E-state index in [1.54, 1.807) is 0 Å². The lowest BCUT2D eigenvalue weighted by Crippen LogP contribution is -2.08. The van der Waals surface area contributed by atoms with Crippen molar-refractivity contribution in [2.75, 3.05) is 6.61 Å². The van der Waals surface area contributed by atoms with Gasteiger partial charge in [-0.1, -0.05) is 37.8 Å². The molecule has 0 saturated carbocycles. The van der Waals surface area contributed by atoms with Gasteiger partial charge in [-0.25, -0.2) is 13.2 Å². The SMILES string of the molecule is CCCCCCOC(=O)c1cc(S(=O)(=O)Cl)c(Br)cc1Cl. The third kappa shape index (κ3) is 5.77. The molecule has 0 saturated heterocycles. The summed E-state index contributed by atoms with van der Waals surface area (Å²) in [6, 6.07) is 2.42. The van der Waals surface area contributed by atoms with Crippen molar-refractivity contribution in [1.29, 1.82) is 0 Å². The fraction of sp³-hybridized carbons (Fsp3) is 0.462. The van der Waals surface area contributed by atoms with Gasteiger partial charge < -0.3 is 4.74 Å². The first-order valence-electron chi connectivity index (χ1n) is 6.38. The van der Waals surface area contributed by atoms with E-state index in [2.05, 4.69) is 22.9 Å². The van der Waals surface area contributed by atoms with Crippen molar-refractivity contribution in [3.8, 4) is 0 Å². The lowest BCUT2D eigenvalue weighted by Gasteiger charge is -2.08. The average molecular weight is 418 g/mol. The molecule has 0 heterocycles. The Kier molecular flexibility index (Phi) is 7.47. The van der Waals surface area contributed by atoms with Crippen molar-refractivity contribution in [3.63, 3.8) is 0 Å². The van der Waals surface area contributed by atoms with Gasteiger partial charge in [-0.05, 0) is 34.5 Å². The third-order valence-electron chi connectivity index (χ3n) is 2.74.